The van der Waals surface area contributed by atoms with E-state index in [0.29, 0.717) is 17.1 Å². The third kappa shape index (κ3) is 4.68. The van der Waals surface area contributed by atoms with Gasteiger partial charge in [0.25, 0.3) is 0 Å². The number of nitrogens with zero attached hydrogens (tertiary/aromatic N) is 2. The maximum Gasteiger partial charge on any atom is 0.222 e. The largest absolute Gasteiger partial charge is 0.350 e. The summed E-state index contributed by atoms with van der Waals surface area (Å²) in [6.07, 6.45) is 0.262. The second-order valence-corrected chi connectivity index (χ2v) is 6.85. The van der Waals surface area contributed by atoms with E-state index in [1.165, 1.54) is 12.1 Å². The predicted octanol–water partition coefficient (Wildman–Crippen LogP) is 4.32. The summed E-state index contributed by atoms with van der Waals surface area (Å²) in [4.78, 5) is 12.3. The van der Waals surface area contributed by atoms with Gasteiger partial charge in [-0.05, 0) is 49.8 Å². The first-order valence-corrected chi connectivity index (χ1v) is 9.12. The Morgan fingerprint density at radius 1 is 1.30 bits per heavy atom. The SMILES string of the molecule is Cc1cccc(-c2n[nH]c(=S)n2CCC(=O)N[C@H](C)c2ccc(F)cc2)c1. The molecule has 3 rings (SSSR count). The Bertz CT molecular complexity index is 994. The van der Waals surface area contributed by atoms with Gasteiger partial charge in [0.05, 0.1) is 6.04 Å². The number of carbonyl (C=O) groups is 1. The number of H-pyrrole nitrogens is 1. The molecule has 5 nitrogen and oxygen atoms in total. The van der Waals surface area contributed by atoms with Crippen LogP contribution in [0, 0.1) is 17.5 Å². The van der Waals surface area contributed by atoms with Gasteiger partial charge >= 0.3 is 0 Å². The number of aromatic nitrogens is 3. The Hall–Kier alpha value is -2.80. The van der Waals surface area contributed by atoms with Gasteiger partial charge in [-0.25, -0.2) is 4.39 Å². The summed E-state index contributed by atoms with van der Waals surface area (Å²) < 4.78 is 15.3. The van der Waals surface area contributed by atoms with Crippen molar-refractivity contribution in [2.45, 2.75) is 32.9 Å². The highest BCUT2D eigenvalue weighted by Crippen LogP contribution is 2.19. The number of amides is 1. The Morgan fingerprint density at radius 3 is 2.74 bits per heavy atom. The van der Waals surface area contributed by atoms with Gasteiger partial charge in [0.1, 0.15) is 5.82 Å². The number of hydrogen-bond acceptors (Lipinski definition) is 3. The van der Waals surface area contributed by atoms with Crippen molar-refractivity contribution in [2.75, 3.05) is 0 Å². The molecule has 0 radical (unpaired) electrons. The molecule has 0 aliphatic heterocycles. The van der Waals surface area contributed by atoms with Crippen LogP contribution in [0.4, 0.5) is 4.39 Å². The number of nitrogens with one attached hydrogen (secondary N) is 2. The van der Waals surface area contributed by atoms with Gasteiger partial charge in [-0.2, -0.15) is 5.10 Å². The summed E-state index contributed by atoms with van der Waals surface area (Å²) in [5.41, 5.74) is 2.92. The van der Waals surface area contributed by atoms with Crippen molar-refractivity contribution >= 4 is 18.1 Å². The zero-order valence-electron chi connectivity index (χ0n) is 15.2. The lowest BCUT2D eigenvalue weighted by Crippen LogP contribution is -2.27. The van der Waals surface area contributed by atoms with E-state index < -0.39 is 0 Å². The maximum atomic E-state index is 13.0. The average Bonchev–Trinajstić information content (AvgIpc) is 3.01. The minimum Gasteiger partial charge on any atom is -0.350 e. The molecule has 0 bridgehead atoms. The molecule has 0 spiro atoms. The number of aromatic amines is 1. The van der Waals surface area contributed by atoms with Crippen molar-refractivity contribution in [3.8, 4) is 11.4 Å². The lowest BCUT2D eigenvalue weighted by molar-refractivity contribution is -0.121. The van der Waals surface area contributed by atoms with E-state index in [0.717, 1.165) is 16.7 Å². The molecule has 0 saturated heterocycles. The molecular formula is C20H21FN4OS. The summed E-state index contributed by atoms with van der Waals surface area (Å²) in [6.45, 7) is 4.30. The monoisotopic (exact) mass is 384 g/mol. The number of aryl methyl sites for hydroxylation is 1. The molecule has 0 unspecified atom stereocenters. The van der Waals surface area contributed by atoms with E-state index in [1.54, 1.807) is 12.1 Å². The van der Waals surface area contributed by atoms with Crippen LogP contribution in [0.2, 0.25) is 0 Å². The summed E-state index contributed by atoms with van der Waals surface area (Å²) in [7, 11) is 0. The summed E-state index contributed by atoms with van der Waals surface area (Å²) in [6, 6.07) is 13.9. The van der Waals surface area contributed by atoms with Crippen LogP contribution in [-0.4, -0.2) is 20.7 Å². The van der Waals surface area contributed by atoms with E-state index in [4.69, 9.17) is 12.2 Å². The van der Waals surface area contributed by atoms with Crippen molar-refractivity contribution in [3.05, 3.63) is 70.2 Å². The van der Waals surface area contributed by atoms with Crippen LogP contribution in [0.15, 0.2) is 48.5 Å². The van der Waals surface area contributed by atoms with Crippen LogP contribution in [0.5, 0.6) is 0 Å². The fourth-order valence-corrected chi connectivity index (χ4v) is 3.11. The molecule has 140 valence electrons. The van der Waals surface area contributed by atoms with E-state index in [1.807, 2.05) is 42.7 Å². The van der Waals surface area contributed by atoms with Crippen molar-refractivity contribution in [1.82, 2.24) is 20.1 Å². The zero-order chi connectivity index (χ0) is 19.4. The van der Waals surface area contributed by atoms with Gasteiger partial charge in [0.15, 0.2) is 10.6 Å². The standard InChI is InChI=1S/C20H21FN4OS/c1-13-4-3-5-16(12-13)19-23-24-20(27)25(19)11-10-18(26)22-14(2)15-6-8-17(21)9-7-15/h3-9,12,14H,10-11H2,1-2H3,(H,22,26)(H,24,27)/t14-/m1/s1. The second kappa shape index (κ2) is 8.26. The molecule has 1 atom stereocenters. The molecule has 2 aromatic carbocycles. The highest BCUT2D eigenvalue weighted by Gasteiger charge is 2.13. The molecule has 0 aliphatic rings. The number of rotatable bonds is 6. The molecule has 3 aromatic rings. The molecule has 0 fully saturated rings. The highest BCUT2D eigenvalue weighted by molar-refractivity contribution is 7.71. The molecule has 27 heavy (non-hydrogen) atoms. The average molecular weight is 384 g/mol. The third-order valence-electron chi connectivity index (χ3n) is 4.34. The Morgan fingerprint density at radius 2 is 2.04 bits per heavy atom. The molecular weight excluding hydrogens is 363 g/mol. The topological polar surface area (TPSA) is 62.7 Å². The molecule has 1 aromatic heterocycles. The Labute approximate surface area is 162 Å². The number of carbonyl (C=O) groups excluding carboxylic acids is 1. The smallest absolute Gasteiger partial charge is 0.222 e. The van der Waals surface area contributed by atoms with Gasteiger partial charge in [0, 0.05) is 18.5 Å². The van der Waals surface area contributed by atoms with Crippen molar-refractivity contribution in [3.63, 3.8) is 0 Å². The van der Waals surface area contributed by atoms with Gasteiger partial charge < -0.3 is 5.32 Å². The molecule has 2 N–H and O–H groups in total. The van der Waals surface area contributed by atoms with Crippen LogP contribution >= 0.6 is 12.2 Å². The molecule has 1 heterocycles. The fraction of sp³-hybridized carbons (Fsp3) is 0.250. The summed E-state index contributed by atoms with van der Waals surface area (Å²) in [5.74, 6) is 0.309. The first-order valence-electron chi connectivity index (χ1n) is 8.71. The lowest BCUT2D eigenvalue weighted by Gasteiger charge is -2.15. The predicted molar refractivity (Wildman–Crippen MR) is 105 cm³/mol. The van der Waals surface area contributed by atoms with Gasteiger partial charge in [-0.15, -0.1) is 0 Å². The number of hydrogen-bond donors (Lipinski definition) is 2. The first-order chi connectivity index (χ1) is 12.9. The Kier molecular flexibility index (Phi) is 5.81. The third-order valence-corrected chi connectivity index (χ3v) is 4.66. The van der Waals surface area contributed by atoms with E-state index in [9.17, 15) is 9.18 Å². The second-order valence-electron chi connectivity index (χ2n) is 6.46. The highest BCUT2D eigenvalue weighted by atomic mass is 32.1. The van der Waals surface area contributed by atoms with Gasteiger partial charge in [-0.1, -0.05) is 35.9 Å². The molecule has 7 heteroatoms. The molecule has 0 aliphatic carbocycles. The van der Waals surface area contributed by atoms with Crippen molar-refractivity contribution in [2.24, 2.45) is 0 Å². The van der Waals surface area contributed by atoms with Crippen LogP contribution in [-0.2, 0) is 11.3 Å². The lowest BCUT2D eigenvalue weighted by atomic mass is 10.1. The van der Waals surface area contributed by atoms with Gasteiger partial charge in [0.2, 0.25) is 5.91 Å². The quantitative estimate of drug-likeness (QED) is 0.622. The zero-order valence-corrected chi connectivity index (χ0v) is 16.0. The number of benzene rings is 2. The molecule has 0 saturated carbocycles. The maximum absolute atomic E-state index is 13.0. The molecule has 1 amide bonds. The van der Waals surface area contributed by atoms with E-state index in [2.05, 4.69) is 15.5 Å². The summed E-state index contributed by atoms with van der Waals surface area (Å²) in [5, 5.41) is 10.0. The van der Waals surface area contributed by atoms with Crippen LogP contribution in [0.1, 0.15) is 30.5 Å². The van der Waals surface area contributed by atoms with Crippen LogP contribution in [0.25, 0.3) is 11.4 Å². The first kappa shape index (κ1) is 19.0. The van der Waals surface area contributed by atoms with Crippen molar-refractivity contribution < 1.29 is 9.18 Å². The van der Waals surface area contributed by atoms with Crippen LogP contribution < -0.4 is 5.32 Å². The van der Waals surface area contributed by atoms with Crippen LogP contribution in [0.3, 0.4) is 0 Å². The minimum atomic E-state index is -0.296. The summed E-state index contributed by atoms with van der Waals surface area (Å²) >= 11 is 5.31. The van der Waals surface area contributed by atoms with E-state index in [-0.39, 0.29) is 24.2 Å². The number of halogens is 1. The van der Waals surface area contributed by atoms with Gasteiger partial charge in [-0.3, -0.25) is 14.5 Å². The Balaban J connectivity index is 1.66. The minimum absolute atomic E-state index is 0.106. The van der Waals surface area contributed by atoms with Crippen molar-refractivity contribution in [1.29, 1.82) is 0 Å². The normalized spacial score (nSPS) is 12.0. The fourth-order valence-electron chi connectivity index (χ4n) is 2.89. The van der Waals surface area contributed by atoms with E-state index >= 15 is 0 Å².